The maximum Gasteiger partial charge on any atom is 0.366 e. The molecule has 1 aliphatic rings. The molecular formula is C24H30O6. The van der Waals surface area contributed by atoms with E-state index in [2.05, 4.69) is 22.6 Å². The fraction of sp³-hybridized carbons (Fsp3) is 0.458. The minimum Gasteiger partial charge on any atom is -0.493 e. The van der Waals surface area contributed by atoms with Crippen molar-refractivity contribution in [2.24, 2.45) is 11.8 Å². The van der Waals surface area contributed by atoms with Crippen LogP contribution in [0.5, 0.6) is 5.75 Å². The molecule has 1 saturated carbocycles. The van der Waals surface area contributed by atoms with E-state index in [-0.39, 0.29) is 24.0 Å². The van der Waals surface area contributed by atoms with Gasteiger partial charge in [0.1, 0.15) is 11.5 Å². The summed E-state index contributed by atoms with van der Waals surface area (Å²) in [4.78, 5) is 23.4. The number of allylic oxidation sites excluding steroid dienone is 1. The monoisotopic (exact) mass is 414 g/mol. The van der Waals surface area contributed by atoms with Gasteiger partial charge in [-0.2, -0.15) is 0 Å². The number of Topliss-reactive ketones (excluding diaryl/α,β-unsaturated/α-hetero) is 1. The quantitative estimate of drug-likeness (QED) is 0.201. The number of hydrogen-bond acceptors (Lipinski definition) is 6. The molecule has 0 unspecified atom stereocenters. The number of benzene rings is 1. The highest BCUT2D eigenvalue weighted by atomic mass is 16.6. The van der Waals surface area contributed by atoms with Crippen LogP contribution < -0.4 is 4.74 Å². The van der Waals surface area contributed by atoms with Crippen molar-refractivity contribution in [2.45, 2.75) is 44.8 Å². The average molecular weight is 414 g/mol. The second-order valence-corrected chi connectivity index (χ2v) is 7.48. The van der Waals surface area contributed by atoms with Crippen molar-refractivity contribution in [3.8, 4) is 5.75 Å². The Morgan fingerprint density at radius 2 is 2.00 bits per heavy atom. The smallest absolute Gasteiger partial charge is 0.366 e. The third kappa shape index (κ3) is 7.30. The zero-order valence-corrected chi connectivity index (χ0v) is 17.5. The van der Waals surface area contributed by atoms with Crippen LogP contribution in [0.3, 0.4) is 0 Å². The molecule has 1 aliphatic carbocycles. The normalized spacial score (nSPS) is 18.9. The van der Waals surface area contributed by atoms with Crippen LogP contribution in [0.4, 0.5) is 0 Å². The van der Waals surface area contributed by atoms with Gasteiger partial charge in [0, 0.05) is 18.8 Å². The molecular weight excluding hydrogens is 384 g/mol. The molecule has 2 N–H and O–H groups in total. The van der Waals surface area contributed by atoms with E-state index < -0.39 is 11.8 Å². The van der Waals surface area contributed by atoms with Crippen molar-refractivity contribution < 1.29 is 29.3 Å². The van der Waals surface area contributed by atoms with Gasteiger partial charge in [0.15, 0.2) is 0 Å². The first kappa shape index (κ1) is 23.6. The van der Waals surface area contributed by atoms with Gasteiger partial charge in [-0.25, -0.2) is 4.79 Å². The van der Waals surface area contributed by atoms with Gasteiger partial charge < -0.3 is 19.7 Å². The summed E-state index contributed by atoms with van der Waals surface area (Å²) in [6.07, 6.45) is 9.55. The lowest BCUT2D eigenvalue weighted by molar-refractivity contribution is -0.205. The summed E-state index contributed by atoms with van der Waals surface area (Å²) < 4.78 is 10.0. The Balaban J connectivity index is 1.79. The van der Waals surface area contributed by atoms with Crippen LogP contribution in [-0.2, 0) is 14.3 Å². The molecule has 0 spiro atoms. The zero-order chi connectivity index (χ0) is 22.0. The van der Waals surface area contributed by atoms with Crippen molar-refractivity contribution >= 4 is 11.8 Å². The van der Waals surface area contributed by atoms with Crippen molar-refractivity contribution in [1.82, 2.24) is 0 Å². The summed E-state index contributed by atoms with van der Waals surface area (Å²) in [5, 5.41) is 19.1. The molecule has 6 nitrogen and oxygen atoms in total. The van der Waals surface area contributed by atoms with Gasteiger partial charge in [-0.15, -0.1) is 5.73 Å². The molecule has 30 heavy (non-hydrogen) atoms. The summed E-state index contributed by atoms with van der Waals surface area (Å²) in [5.41, 5.74) is 4.01. The predicted molar refractivity (Wildman–Crippen MR) is 113 cm³/mol. The molecule has 0 bridgehead atoms. The summed E-state index contributed by atoms with van der Waals surface area (Å²) >= 11 is 0. The highest BCUT2D eigenvalue weighted by Crippen LogP contribution is 2.32. The van der Waals surface area contributed by atoms with Crippen LogP contribution >= 0.6 is 0 Å². The van der Waals surface area contributed by atoms with E-state index in [1.165, 1.54) is 11.6 Å². The molecule has 0 aliphatic heterocycles. The van der Waals surface area contributed by atoms with Gasteiger partial charge in [-0.1, -0.05) is 29.8 Å². The van der Waals surface area contributed by atoms with Crippen LogP contribution in [0.15, 0.2) is 54.3 Å². The molecule has 1 aromatic carbocycles. The molecule has 1 aromatic rings. The number of aliphatic hydroxyl groups is 2. The average Bonchev–Trinajstić information content (AvgIpc) is 3.07. The summed E-state index contributed by atoms with van der Waals surface area (Å²) in [6.45, 7) is 2.61. The number of methoxy groups -OCH3 is 1. The third-order valence-electron chi connectivity index (χ3n) is 5.12. The second kappa shape index (κ2) is 11.5. The van der Waals surface area contributed by atoms with Crippen molar-refractivity contribution in [1.29, 1.82) is 0 Å². The van der Waals surface area contributed by atoms with Crippen LogP contribution in [0, 0.1) is 18.8 Å². The topological polar surface area (TPSA) is 93.1 Å². The minimum absolute atomic E-state index is 0.103. The number of aryl methyl sites for hydroxylation is 1. The van der Waals surface area contributed by atoms with E-state index in [9.17, 15) is 19.8 Å². The van der Waals surface area contributed by atoms with E-state index in [1.54, 1.807) is 6.08 Å². The maximum atomic E-state index is 12.2. The zero-order valence-electron chi connectivity index (χ0n) is 17.5. The number of carbonyl (C=O) groups is 2. The van der Waals surface area contributed by atoms with Gasteiger partial charge in [-0.05, 0) is 56.4 Å². The molecule has 162 valence electrons. The largest absolute Gasteiger partial charge is 0.493 e. The van der Waals surface area contributed by atoms with Gasteiger partial charge in [0.25, 0.3) is 5.79 Å². The fourth-order valence-corrected chi connectivity index (χ4v) is 3.35. The van der Waals surface area contributed by atoms with E-state index in [1.807, 2.05) is 31.2 Å². The Labute approximate surface area is 177 Å². The van der Waals surface area contributed by atoms with Crippen LogP contribution in [0.2, 0.25) is 0 Å². The number of carbonyl (C=O) groups excluding carboxylic acids is 2. The highest BCUT2D eigenvalue weighted by Gasteiger charge is 2.33. The number of hydrogen-bond donors (Lipinski definition) is 2. The Bertz CT molecular complexity index is 799. The summed E-state index contributed by atoms with van der Waals surface area (Å²) in [7, 11) is 1.08. The highest BCUT2D eigenvalue weighted by molar-refractivity contribution is 5.83. The number of ketones is 1. The van der Waals surface area contributed by atoms with Crippen molar-refractivity contribution in [2.75, 3.05) is 13.7 Å². The van der Waals surface area contributed by atoms with Crippen LogP contribution in [-0.4, -0.2) is 41.5 Å². The molecule has 0 saturated heterocycles. The molecule has 6 heteroatoms. The lowest BCUT2D eigenvalue weighted by Gasteiger charge is -2.15. The molecule has 0 heterocycles. The standard InChI is InChI=1S/C24H30O6/c1-18-10-13-20(14-11-18)30-17-7-5-8-19-12-15-22(25)21(19)9-4-3-6-16-24(27,28)23(26)29-2/h4-6,8,10-11,13-14,19,21,27-28H,7,9,12,15-17H2,1-2H3/b8-5+/t3?,19-,21+/m0/s1. The van der Waals surface area contributed by atoms with Gasteiger partial charge in [0.2, 0.25) is 0 Å². The number of ether oxygens (including phenoxy) is 2. The molecule has 0 amide bonds. The fourth-order valence-electron chi connectivity index (χ4n) is 3.35. The maximum absolute atomic E-state index is 12.2. The van der Waals surface area contributed by atoms with Crippen molar-refractivity contribution in [3.05, 3.63) is 59.9 Å². The Hall–Kier alpha value is -2.66. The van der Waals surface area contributed by atoms with Gasteiger partial charge in [0.05, 0.1) is 13.7 Å². The summed E-state index contributed by atoms with van der Waals surface area (Å²) in [6, 6.07) is 7.93. The van der Waals surface area contributed by atoms with Crippen molar-refractivity contribution in [3.63, 3.8) is 0 Å². The molecule has 0 radical (unpaired) electrons. The predicted octanol–water partition coefficient (Wildman–Crippen LogP) is 3.26. The number of esters is 1. The SMILES string of the molecule is COC(=O)C(O)(O)CC=C=CC[C@H]1C(=O)CC[C@@H]1/C=C/CCOc1ccc(C)cc1. The van der Waals surface area contributed by atoms with E-state index in [0.717, 1.165) is 25.7 Å². The van der Waals surface area contributed by atoms with Gasteiger partial charge in [-0.3, -0.25) is 4.79 Å². The third-order valence-corrected chi connectivity index (χ3v) is 5.12. The number of rotatable bonds is 10. The molecule has 2 atom stereocenters. The minimum atomic E-state index is -2.56. The van der Waals surface area contributed by atoms with Crippen LogP contribution in [0.25, 0.3) is 0 Å². The van der Waals surface area contributed by atoms with E-state index >= 15 is 0 Å². The first-order valence-corrected chi connectivity index (χ1v) is 10.1. The molecule has 1 fully saturated rings. The Morgan fingerprint density at radius 3 is 2.70 bits per heavy atom. The van der Waals surface area contributed by atoms with E-state index in [0.29, 0.717) is 19.4 Å². The first-order valence-electron chi connectivity index (χ1n) is 10.1. The lowest BCUT2D eigenvalue weighted by Crippen LogP contribution is -2.38. The second-order valence-electron chi connectivity index (χ2n) is 7.48. The van der Waals surface area contributed by atoms with Gasteiger partial charge >= 0.3 is 5.97 Å². The Kier molecular flexibility index (Phi) is 9.06. The molecule has 2 rings (SSSR count). The van der Waals surface area contributed by atoms with E-state index in [4.69, 9.17) is 4.74 Å². The summed E-state index contributed by atoms with van der Waals surface area (Å²) in [5.74, 6) is -2.53. The Morgan fingerprint density at radius 1 is 1.27 bits per heavy atom. The first-order chi connectivity index (χ1) is 14.3. The van der Waals surface area contributed by atoms with Crippen LogP contribution in [0.1, 0.15) is 37.7 Å². The lowest BCUT2D eigenvalue weighted by atomic mass is 9.91. The molecule has 0 aromatic heterocycles.